The number of para-hydroxylation sites is 2. The first-order chi connectivity index (χ1) is 11.7. The van der Waals surface area contributed by atoms with Crippen molar-refractivity contribution in [3.63, 3.8) is 0 Å². The summed E-state index contributed by atoms with van der Waals surface area (Å²) in [5, 5.41) is 13.7. The number of hydrogen-bond acceptors (Lipinski definition) is 4. The van der Waals surface area contributed by atoms with Gasteiger partial charge in [-0.3, -0.25) is 0 Å². The fraction of sp³-hybridized carbons (Fsp3) is 0.200. The number of nitrogens with zero attached hydrogens (tertiary/aromatic N) is 3. The Bertz CT molecular complexity index is 868. The Morgan fingerprint density at radius 1 is 1.12 bits per heavy atom. The Morgan fingerprint density at radius 3 is 2.58 bits per heavy atom. The van der Waals surface area contributed by atoms with Gasteiger partial charge in [-0.1, -0.05) is 36.4 Å². The van der Waals surface area contributed by atoms with Crippen LogP contribution in [0, 0.1) is 11.3 Å². The van der Waals surface area contributed by atoms with E-state index in [1.165, 1.54) is 5.69 Å². The van der Waals surface area contributed by atoms with Gasteiger partial charge in [0.25, 0.3) is 0 Å². The fourth-order valence-corrected chi connectivity index (χ4v) is 2.69. The average Bonchev–Trinajstić information content (AvgIpc) is 2.65. The van der Waals surface area contributed by atoms with Gasteiger partial charge in [0.2, 0.25) is 0 Å². The molecule has 0 bridgehead atoms. The zero-order chi connectivity index (χ0) is 16.9. The zero-order valence-electron chi connectivity index (χ0n) is 13.9. The number of benzene rings is 2. The third kappa shape index (κ3) is 3.31. The van der Waals surface area contributed by atoms with Gasteiger partial charge >= 0.3 is 0 Å². The maximum absolute atomic E-state index is 9.19. The van der Waals surface area contributed by atoms with Crippen molar-refractivity contribution in [2.75, 3.05) is 23.8 Å². The predicted octanol–water partition coefficient (Wildman–Crippen LogP) is 4.04. The summed E-state index contributed by atoms with van der Waals surface area (Å²) in [6.45, 7) is 2.94. The van der Waals surface area contributed by atoms with Crippen LogP contribution in [0.2, 0.25) is 0 Å². The molecule has 0 aliphatic carbocycles. The van der Waals surface area contributed by atoms with E-state index < -0.39 is 0 Å². The van der Waals surface area contributed by atoms with E-state index in [1.807, 2.05) is 48.5 Å². The summed E-state index contributed by atoms with van der Waals surface area (Å²) < 4.78 is 0. The average molecular weight is 316 g/mol. The number of nitrogens with one attached hydrogen (secondary N) is 1. The van der Waals surface area contributed by atoms with Gasteiger partial charge in [0.05, 0.1) is 5.52 Å². The van der Waals surface area contributed by atoms with Gasteiger partial charge in [0.15, 0.2) is 0 Å². The van der Waals surface area contributed by atoms with E-state index in [-0.39, 0.29) is 0 Å². The van der Waals surface area contributed by atoms with Crippen LogP contribution in [-0.4, -0.2) is 24.6 Å². The lowest BCUT2D eigenvalue weighted by molar-refractivity contribution is 0.717. The quantitative estimate of drug-likeness (QED) is 0.772. The summed E-state index contributed by atoms with van der Waals surface area (Å²) in [5.41, 5.74) is 3.40. The molecule has 3 rings (SSSR count). The van der Waals surface area contributed by atoms with Gasteiger partial charge < -0.3 is 10.2 Å². The zero-order valence-corrected chi connectivity index (χ0v) is 13.9. The molecule has 0 spiro atoms. The molecule has 1 atom stereocenters. The van der Waals surface area contributed by atoms with E-state index in [1.54, 1.807) is 0 Å². The van der Waals surface area contributed by atoms with E-state index in [9.17, 15) is 5.26 Å². The van der Waals surface area contributed by atoms with Crippen LogP contribution >= 0.6 is 0 Å². The number of pyridine rings is 1. The Kier molecular flexibility index (Phi) is 4.62. The Morgan fingerprint density at radius 2 is 1.83 bits per heavy atom. The smallest absolute Gasteiger partial charge is 0.143 e. The topological polar surface area (TPSA) is 52.0 Å². The number of rotatable bonds is 5. The van der Waals surface area contributed by atoms with Crippen LogP contribution < -0.4 is 10.2 Å². The Hall–Kier alpha value is -3.06. The second-order valence-electron chi connectivity index (χ2n) is 5.86. The molecule has 0 aliphatic rings. The molecule has 24 heavy (non-hydrogen) atoms. The molecule has 120 valence electrons. The summed E-state index contributed by atoms with van der Waals surface area (Å²) in [6, 6.07) is 22.4. The summed E-state index contributed by atoms with van der Waals surface area (Å²) in [6.07, 6.45) is 0. The molecule has 4 nitrogen and oxygen atoms in total. The molecule has 0 aliphatic heterocycles. The van der Waals surface area contributed by atoms with E-state index in [0.717, 1.165) is 23.1 Å². The van der Waals surface area contributed by atoms with Gasteiger partial charge in [-0.25, -0.2) is 4.98 Å². The van der Waals surface area contributed by atoms with Gasteiger partial charge in [0.1, 0.15) is 11.8 Å². The second kappa shape index (κ2) is 7.01. The van der Waals surface area contributed by atoms with E-state index in [2.05, 4.69) is 47.4 Å². The van der Waals surface area contributed by atoms with Crippen molar-refractivity contribution >= 4 is 22.3 Å². The lowest BCUT2D eigenvalue weighted by Crippen LogP contribution is -2.34. The third-order valence-electron chi connectivity index (χ3n) is 4.24. The third-order valence-corrected chi connectivity index (χ3v) is 4.24. The van der Waals surface area contributed by atoms with Gasteiger partial charge in [0, 0.05) is 36.4 Å². The van der Waals surface area contributed by atoms with Crippen LogP contribution in [0.15, 0.2) is 60.7 Å². The van der Waals surface area contributed by atoms with Gasteiger partial charge in [-0.15, -0.1) is 0 Å². The molecule has 0 amide bonds. The second-order valence-corrected chi connectivity index (χ2v) is 5.86. The summed E-state index contributed by atoms with van der Waals surface area (Å²) in [5.74, 6) is 0. The Balaban J connectivity index is 1.79. The van der Waals surface area contributed by atoms with Crippen molar-refractivity contribution in [2.24, 2.45) is 0 Å². The highest BCUT2D eigenvalue weighted by atomic mass is 15.1. The van der Waals surface area contributed by atoms with Crippen molar-refractivity contribution in [1.29, 1.82) is 5.26 Å². The minimum atomic E-state index is 0.296. The fourth-order valence-electron chi connectivity index (χ4n) is 2.69. The molecular formula is C20H20N4. The minimum Gasteiger partial charge on any atom is -0.382 e. The highest BCUT2D eigenvalue weighted by molar-refractivity contribution is 5.91. The summed E-state index contributed by atoms with van der Waals surface area (Å²) in [4.78, 5) is 6.59. The molecule has 2 aromatic carbocycles. The largest absolute Gasteiger partial charge is 0.382 e. The van der Waals surface area contributed by atoms with Crippen LogP contribution in [0.25, 0.3) is 10.9 Å². The molecule has 3 aromatic rings. The van der Waals surface area contributed by atoms with Crippen LogP contribution in [0.4, 0.5) is 11.4 Å². The first-order valence-electron chi connectivity index (χ1n) is 8.00. The number of nitriles is 1. The lowest BCUT2D eigenvalue weighted by Gasteiger charge is -2.27. The maximum Gasteiger partial charge on any atom is 0.143 e. The number of fused-ring (bicyclic) bond motifs is 1. The SMILES string of the molecule is CC(CNc1cc(C#N)nc2ccccc12)N(C)c1ccccc1. The number of anilines is 2. The minimum absolute atomic E-state index is 0.296. The molecule has 1 heterocycles. The van der Waals surface area contributed by atoms with E-state index in [4.69, 9.17) is 0 Å². The molecule has 1 N–H and O–H groups in total. The first kappa shape index (κ1) is 15.8. The van der Waals surface area contributed by atoms with E-state index >= 15 is 0 Å². The molecule has 1 aromatic heterocycles. The number of aromatic nitrogens is 1. The van der Waals surface area contributed by atoms with Crippen molar-refractivity contribution in [3.8, 4) is 6.07 Å². The molecule has 0 saturated heterocycles. The van der Waals surface area contributed by atoms with Gasteiger partial charge in [-0.2, -0.15) is 5.26 Å². The van der Waals surface area contributed by atoms with Gasteiger partial charge in [-0.05, 0) is 31.2 Å². The molecule has 0 saturated carbocycles. The van der Waals surface area contributed by atoms with E-state index in [0.29, 0.717) is 11.7 Å². The summed E-state index contributed by atoms with van der Waals surface area (Å²) in [7, 11) is 2.09. The summed E-state index contributed by atoms with van der Waals surface area (Å²) >= 11 is 0. The normalized spacial score (nSPS) is 11.7. The molecule has 0 radical (unpaired) electrons. The van der Waals surface area contributed by atoms with Crippen molar-refractivity contribution in [1.82, 2.24) is 4.98 Å². The number of hydrogen-bond donors (Lipinski definition) is 1. The molecule has 1 unspecified atom stereocenters. The molecule has 0 fully saturated rings. The van der Waals surface area contributed by atoms with Crippen LogP contribution in [0.1, 0.15) is 12.6 Å². The molecule has 4 heteroatoms. The first-order valence-corrected chi connectivity index (χ1v) is 8.00. The van der Waals surface area contributed by atoms with Crippen molar-refractivity contribution in [2.45, 2.75) is 13.0 Å². The highest BCUT2D eigenvalue weighted by Gasteiger charge is 2.11. The Labute approximate surface area is 142 Å². The monoisotopic (exact) mass is 316 g/mol. The van der Waals surface area contributed by atoms with Crippen LogP contribution in [-0.2, 0) is 0 Å². The van der Waals surface area contributed by atoms with Crippen molar-refractivity contribution < 1.29 is 0 Å². The predicted molar refractivity (Wildman–Crippen MR) is 99.3 cm³/mol. The molecular weight excluding hydrogens is 296 g/mol. The lowest BCUT2D eigenvalue weighted by atomic mass is 10.1. The van der Waals surface area contributed by atoms with Crippen LogP contribution in [0.3, 0.4) is 0 Å². The maximum atomic E-state index is 9.19. The highest BCUT2D eigenvalue weighted by Crippen LogP contribution is 2.23. The number of likely N-dealkylation sites (N-methyl/N-ethyl adjacent to an activating group) is 1. The standard InChI is InChI=1S/C20H20N4/c1-15(24(2)17-8-4-3-5-9-17)14-22-20-12-16(13-21)23-19-11-7-6-10-18(19)20/h3-12,15H,14H2,1-2H3,(H,22,23). The van der Waals surface area contributed by atoms with Crippen LogP contribution in [0.5, 0.6) is 0 Å². The van der Waals surface area contributed by atoms with Crippen molar-refractivity contribution in [3.05, 3.63) is 66.4 Å².